The van der Waals surface area contributed by atoms with Crippen LogP contribution in [0.5, 0.6) is 5.75 Å². The summed E-state index contributed by atoms with van der Waals surface area (Å²) in [5.41, 5.74) is 8.55. The molecule has 6 rings (SSSR count). The SMILES string of the molecule is NC1=NC2(CO1)c1cc(-c3cncnc3)ccc1O[C@H]1CCC(OCC3CC3)C[C@@H]12. The summed E-state index contributed by atoms with van der Waals surface area (Å²) >= 11 is 0. The molecule has 4 atom stereocenters. The smallest absolute Gasteiger partial charge is 0.283 e. The number of hydrogen-bond acceptors (Lipinski definition) is 7. The Bertz CT molecular complexity index is 978. The Morgan fingerprint density at radius 3 is 2.73 bits per heavy atom. The van der Waals surface area contributed by atoms with Gasteiger partial charge in [0.15, 0.2) is 0 Å². The minimum absolute atomic E-state index is 0.0995. The van der Waals surface area contributed by atoms with Gasteiger partial charge in [0.1, 0.15) is 30.3 Å². The molecule has 2 saturated carbocycles. The maximum Gasteiger partial charge on any atom is 0.283 e. The van der Waals surface area contributed by atoms with E-state index in [-0.39, 0.29) is 24.1 Å². The number of ether oxygens (including phenoxy) is 3. The van der Waals surface area contributed by atoms with Gasteiger partial charge in [-0.1, -0.05) is 6.07 Å². The van der Waals surface area contributed by atoms with E-state index in [4.69, 9.17) is 24.9 Å². The third kappa shape index (κ3) is 3.03. The molecule has 0 amide bonds. The second-order valence-corrected chi connectivity index (χ2v) is 8.98. The first-order valence-electron chi connectivity index (χ1n) is 10.9. The van der Waals surface area contributed by atoms with Crippen molar-refractivity contribution < 1.29 is 14.2 Å². The molecule has 0 saturated heterocycles. The van der Waals surface area contributed by atoms with E-state index in [2.05, 4.69) is 22.1 Å². The van der Waals surface area contributed by atoms with Crippen molar-refractivity contribution in [1.82, 2.24) is 9.97 Å². The Kier molecular flexibility index (Phi) is 4.19. The van der Waals surface area contributed by atoms with E-state index < -0.39 is 5.54 Å². The normalized spacial score (nSPS) is 32.0. The fraction of sp³-hybridized carbons (Fsp3) is 0.522. The molecular weight excluding hydrogens is 380 g/mol. The summed E-state index contributed by atoms with van der Waals surface area (Å²) in [6.07, 6.45) is 11.0. The average molecular weight is 406 g/mol. The van der Waals surface area contributed by atoms with E-state index >= 15 is 0 Å². The number of aliphatic imine (C=N–C) groups is 1. The Morgan fingerprint density at radius 1 is 1.10 bits per heavy atom. The summed E-state index contributed by atoms with van der Waals surface area (Å²) in [7, 11) is 0. The van der Waals surface area contributed by atoms with Crippen LogP contribution < -0.4 is 10.5 Å². The Hall–Kier alpha value is -2.67. The molecule has 2 unspecified atom stereocenters. The molecule has 2 aromatic rings. The standard InChI is InChI=1S/C23H26N4O3/c24-22-27-23(12-29-22)18-7-15(16-9-25-13-26-10-16)3-5-20(18)30-21-6-4-17(8-19(21)23)28-11-14-1-2-14/h3,5,7,9-10,13-14,17,19,21H,1-2,4,6,8,11-12H2,(H2,24,27)/t17?,19-,21-,23?/m0/s1. The first-order chi connectivity index (χ1) is 14.7. The van der Waals surface area contributed by atoms with Crippen LogP contribution in [0.15, 0.2) is 41.9 Å². The number of amidine groups is 1. The molecule has 4 aliphatic rings. The van der Waals surface area contributed by atoms with Gasteiger partial charge >= 0.3 is 0 Å². The molecule has 2 aliphatic heterocycles. The van der Waals surface area contributed by atoms with Gasteiger partial charge < -0.3 is 19.9 Å². The predicted octanol–water partition coefficient (Wildman–Crippen LogP) is 3.04. The first kappa shape index (κ1) is 18.1. The fourth-order valence-corrected chi connectivity index (χ4v) is 5.19. The van der Waals surface area contributed by atoms with Crippen LogP contribution in [0, 0.1) is 11.8 Å². The van der Waals surface area contributed by atoms with Gasteiger partial charge in [-0.2, -0.15) is 0 Å². The van der Waals surface area contributed by atoms with Crippen LogP contribution in [0.3, 0.4) is 0 Å². The van der Waals surface area contributed by atoms with E-state index in [0.717, 1.165) is 54.2 Å². The van der Waals surface area contributed by atoms with Crippen molar-refractivity contribution in [3.8, 4) is 16.9 Å². The quantitative estimate of drug-likeness (QED) is 0.839. The van der Waals surface area contributed by atoms with Gasteiger partial charge in [0.25, 0.3) is 6.02 Å². The zero-order valence-electron chi connectivity index (χ0n) is 16.9. The van der Waals surface area contributed by atoms with E-state index in [1.54, 1.807) is 0 Å². The predicted molar refractivity (Wildman–Crippen MR) is 111 cm³/mol. The Labute approximate surface area is 175 Å². The van der Waals surface area contributed by atoms with Crippen molar-refractivity contribution >= 4 is 6.02 Å². The fourth-order valence-electron chi connectivity index (χ4n) is 5.19. The molecule has 156 valence electrons. The minimum atomic E-state index is -0.532. The molecule has 1 aromatic heterocycles. The Balaban J connectivity index is 1.38. The number of aromatic nitrogens is 2. The molecule has 2 aliphatic carbocycles. The summed E-state index contributed by atoms with van der Waals surface area (Å²) in [5, 5.41) is 0. The second-order valence-electron chi connectivity index (χ2n) is 8.98. The van der Waals surface area contributed by atoms with E-state index in [9.17, 15) is 0 Å². The molecule has 30 heavy (non-hydrogen) atoms. The highest BCUT2D eigenvalue weighted by Gasteiger charge is 2.55. The van der Waals surface area contributed by atoms with Crippen molar-refractivity contribution in [1.29, 1.82) is 0 Å². The van der Waals surface area contributed by atoms with Crippen LogP contribution in [0.1, 0.15) is 37.7 Å². The number of fused-ring (bicyclic) bond motifs is 4. The maximum atomic E-state index is 6.48. The van der Waals surface area contributed by atoms with Gasteiger partial charge in [0.2, 0.25) is 0 Å². The average Bonchev–Trinajstić information content (AvgIpc) is 3.54. The zero-order chi connectivity index (χ0) is 20.1. The molecule has 2 fully saturated rings. The van der Waals surface area contributed by atoms with Gasteiger partial charge in [0.05, 0.1) is 6.10 Å². The third-order valence-electron chi connectivity index (χ3n) is 6.98. The molecule has 2 N–H and O–H groups in total. The zero-order valence-corrected chi connectivity index (χ0v) is 16.9. The molecule has 7 heteroatoms. The molecular formula is C23H26N4O3. The van der Waals surface area contributed by atoms with Gasteiger partial charge in [-0.3, -0.25) is 0 Å². The molecule has 0 radical (unpaired) electrons. The summed E-state index contributed by atoms with van der Waals surface area (Å²) < 4.78 is 18.5. The molecule has 3 heterocycles. The largest absolute Gasteiger partial charge is 0.490 e. The molecule has 0 bridgehead atoms. The third-order valence-corrected chi connectivity index (χ3v) is 6.98. The topological polar surface area (TPSA) is 91.9 Å². The van der Waals surface area contributed by atoms with Gasteiger partial charge in [0, 0.05) is 36.0 Å². The van der Waals surface area contributed by atoms with Crippen molar-refractivity contribution in [2.45, 2.75) is 49.9 Å². The van der Waals surface area contributed by atoms with Gasteiger partial charge in [-0.25, -0.2) is 15.0 Å². The summed E-state index contributed by atoms with van der Waals surface area (Å²) in [6, 6.07) is 6.49. The van der Waals surface area contributed by atoms with E-state index in [0.29, 0.717) is 6.61 Å². The Morgan fingerprint density at radius 2 is 1.97 bits per heavy atom. The van der Waals surface area contributed by atoms with Crippen LogP contribution in [0.25, 0.3) is 11.1 Å². The highest BCUT2D eigenvalue weighted by molar-refractivity contribution is 5.75. The lowest BCUT2D eigenvalue weighted by atomic mass is 9.67. The number of hydrogen-bond donors (Lipinski definition) is 1. The monoisotopic (exact) mass is 406 g/mol. The number of rotatable bonds is 4. The van der Waals surface area contributed by atoms with Crippen LogP contribution >= 0.6 is 0 Å². The van der Waals surface area contributed by atoms with Gasteiger partial charge in [-0.15, -0.1) is 0 Å². The van der Waals surface area contributed by atoms with Crippen LogP contribution in [-0.2, 0) is 15.0 Å². The number of nitrogens with zero attached hydrogens (tertiary/aromatic N) is 3. The van der Waals surface area contributed by atoms with Crippen molar-refractivity contribution in [2.24, 2.45) is 22.6 Å². The number of nitrogens with two attached hydrogens (primary N) is 1. The number of benzene rings is 1. The van der Waals surface area contributed by atoms with Crippen molar-refractivity contribution in [2.75, 3.05) is 13.2 Å². The molecule has 1 aromatic carbocycles. The summed E-state index contributed by atoms with van der Waals surface area (Å²) in [4.78, 5) is 13.2. The van der Waals surface area contributed by atoms with Crippen LogP contribution in [0.4, 0.5) is 0 Å². The lowest BCUT2D eigenvalue weighted by Gasteiger charge is -2.48. The minimum Gasteiger partial charge on any atom is -0.490 e. The van der Waals surface area contributed by atoms with Crippen LogP contribution in [0.2, 0.25) is 0 Å². The van der Waals surface area contributed by atoms with E-state index in [1.165, 1.54) is 19.2 Å². The summed E-state index contributed by atoms with van der Waals surface area (Å²) in [6.45, 7) is 1.33. The lowest BCUT2D eigenvalue weighted by molar-refractivity contribution is -0.0643. The van der Waals surface area contributed by atoms with Crippen molar-refractivity contribution in [3.63, 3.8) is 0 Å². The highest BCUT2D eigenvalue weighted by Crippen LogP contribution is 2.53. The van der Waals surface area contributed by atoms with E-state index in [1.807, 2.05) is 18.5 Å². The molecule has 7 nitrogen and oxygen atoms in total. The van der Waals surface area contributed by atoms with Crippen molar-refractivity contribution in [3.05, 3.63) is 42.5 Å². The first-order valence-corrected chi connectivity index (χ1v) is 10.9. The highest BCUT2D eigenvalue weighted by atomic mass is 16.5. The van der Waals surface area contributed by atoms with Gasteiger partial charge in [-0.05, 0) is 55.7 Å². The van der Waals surface area contributed by atoms with Crippen LogP contribution in [-0.4, -0.2) is 41.4 Å². The summed E-state index contributed by atoms with van der Waals surface area (Å²) in [5.74, 6) is 1.81. The lowest BCUT2D eigenvalue weighted by Crippen LogP contribution is -2.52. The molecule has 1 spiro atoms. The second kappa shape index (κ2) is 6.94. The maximum absolute atomic E-state index is 6.48.